The molecule has 0 fully saturated rings. The summed E-state index contributed by atoms with van der Waals surface area (Å²) in [6, 6.07) is 5.41. The predicted octanol–water partition coefficient (Wildman–Crippen LogP) is 2.75. The standard InChI is InChI=1S/C11H14N2O2S2/c1-7(2)17(14,15)13-9-4-5-11-10(6-9)12-8(3)16-11/h4-7,13H,1-3H3. The van der Waals surface area contributed by atoms with Gasteiger partial charge in [-0.25, -0.2) is 13.4 Å². The molecule has 0 saturated carbocycles. The Kier molecular flexibility index (Phi) is 3.09. The molecule has 1 N–H and O–H groups in total. The highest BCUT2D eigenvalue weighted by Crippen LogP contribution is 2.25. The number of thiazole rings is 1. The Morgan fingerprint density at radius 2 is 2.06 bits per heavy atom. The van der Waals surface area contributed by atoms with Crippen LogP contribution in [0.15, 0.2) is 18.2 Å². The number of aromatic nitrogens is 1. The zero-order chi connectivity index (χ0) is 12.6. The van der Waals surface area contributed by atoms with Crippen LogP contribution in [-0.2, 0) is 10.0 Å². The van der Waals surface area contributed by atoms with Crippen LogP contribution in [0.4, 0.5) is 5.69 Å². The summed E-state index contributed by atoms with van der Waals surface area (Å²) >= 11 is 1.60. The lowest BCUT2D eigenvalue weighted by molar-refractivity contribution is 0.593. The minimum atomic E-state index is -3.29. The lowest BCUT2D eigenvalue weighted by Gasteiger charge is -2.10. The van der Waals surface area contributed by atoms with Gasteiger partial charge in [-0.05, 0) is 39.0 Å². The topological polar surface area (TPSA) is 59.1 Å². The van der Waals surface area contributed by atoms with Crippen molar-refractivity contribution in [3.63, 3.8) is 0 Å². The molecule has 0 atom stereocenters. The van der Waals surface area contributed by atoms with Gasteiger partial charge in [0.25, 0.3) is 0 Å². The number of hydrogen-bond acceptors (Lipinski definition) is 4. The normalized spacial score (nSPS) is 12.2. The number of nitrogens with zero attached hydrogens (tertiary/aromatic N) is 1. The van der Waals surface area contributed by atoms with Crippen molar-refractivity contribution in [2.24, 2.45) is 0 Å². The Balaban J connectivity index is 2.37. The number of nitrogens with one attached hydrogen (secondary N) is 1. The maximum absolute atomic E-state index is 11.7. The summed E-state index contributed by atoms with van der Waals surface area (Å²) in [5.74, 6) is 0. The average molecular weight is 270 g/mol. The van der Waals surface area contributed by atoms with Crippen molar-refractivity contribution in [3.05, 3.63) is 23.2 Å². The van der Waals surface area contributed by atoms with Crippen molar-refractivity contribution in [2.45, 2.75) is 26.0 Å². The first kappa shape index (κ1) is 12.3. The SMILES string of the molecule is Cc1nc2cc(NS(=O)(=O)C(C)C)ccc2s1. The van der Waals surface area contributed by atoms with Gasteiger partial charge in [0.05, 0.1) is 26.2 Å². The first-order valence-corrected chi connectivity index (χ1v) is 7.63. The van der Waals surface area contributed by atoms with E-state index in [0.29, 0.717) is 5.69 Å². The van der Waals surface area contributed by atoms with E-state index in [1.54, 1.807) is 37.3 Å². The van der Waals surface area contributed by atoms with Crippen molar-refractivity contribution in [2.75, 3.05) is 4.72 Å². The van der Waals surface area contributed by atoms with E-state index >= 15 is 0 Å². The number of anilines is 1. The second-order valence-corrected chi connectivity index (χ2v) is 7.58. The Morgan fingerprint density at radius 3 is 2.71 bits per heavy atom. The van der Waals surface area contributed by atoms with Gasteiger partial charge < -0.3 is 0 Å². The summed E-state index contributed by atoms with van der Waals surface area (Å²) in [5.41, 5.74) is 1.40. The molecule has 0 bridgehead atoms. The largest absolute Gasteiger partial charge is 0.283 e. The van der Waals surface area contributed by atoms with Crippen molar-refractivity contribution in [1.82, 2.24) is 4.98 Å². The molecule has 2 aromatic rings. The van der Waals surface area contributed by atoms with Gasteiger partial charge in [0.1, 0.15) is 0 Å². The molecule has 0 spiro atoms. The number of rotatable bonds is 3. The Morgan fingerprint density at radius 1 is 1.35 bits per heavy atom. The van der Waals surface area contributed by atoms with Gasteiger partial charge in [0, 0.05) is 0 Å². The molecule has 17 heavy (non-hydrogen) atoms. The molecule has 2 rings (SSSR count). The zero-order valence-corrected chi connectivity index (χ0v) is 11.5. The van der Waals surface area contributed by atoms with Crippen LogP contribution >= 0.6 is 11.3 Å². The molecule has 0 aliphatic carbocycles. The van der Waals surface area contributed by atoms with E-state index in [-0.39, 0.29) is 0 Å². The number of aryl methyl sites for hydroxylation is 1. The second kappa shape index (κ2) is 4.27. The fourth-order valence-electron chi connectivity index (χ4n) is 1.39. The predicted molar refractivity (Wildman–Crippen MR) is 72.0 cm³/mol. The number of sulfonamides is 1. The molecule has 0 saturated heterocycles. The van der Waals surface area contributed by atoms with Crippen LogP contribution in [0.1, 0.15) is 18.9 Å². The molecule has 0 amide bonds. The molecule has 0 radical (unpaired) electrons. The van der Waals surface area contributed by atoms with Crippen molar-refractivity contribution >= 4 is 37.3 Å². The van der Waals surface area contributed by atoms with E-state index < -0.39 is 15.3 Å². The maximum Gasteiger partial charge on any atom is 0.235 e. The molecule has 0 unspecified atom stereocenters. The molecular formula is C11H14N2O2S2. The third kappa shape index (κ3) is 2.58. The number of benzene rings is 1. The Bertz CT molecular complexity index is 645. The molecule has 1 heterocycles. The summed E-state index contributed by atoms with van der Waals surface area (Å²) in [5, 5.41) is 0.527. The summed E-state index contributed by atoms with van der Waals surface area (Å²) in [6.45, 7) is 5.23. The van der Waals surface area contributed by atoms with E-state index in [2.05, 4.69) is 9.71 Å². The molecule has 4 nitrogen and oxygen atoms in total. The lowest BCUT2D eigenvalue weighted by Crippen LogP contribution is -2.22. The molecule has 6 heteroatoms. The minimum Gasteiger partial charge on any atom is -0.283 e. The fourth-order valence-corrected chi connectivity index (χ4v) is 2.89. The smallest absolute Gasteiger partial charge is 0.235 e. The maximum atomic E-state index is 11.7. The van der Waals surface area contributed by atoms with E-state index in [1.807, 2.05) is 13.0 Å². The van der Waals surface area contributed by atoms with Crippen LogP contribution in [0.2, 0.25) is 0 Å². The minimum absolute atomic E-state index is 0.449. The van der Waals surface area contributed by atoms with E-state index in [9.17, 15) is 8.42 Å². The summed E-state index contributed by atoms with van der Waals surface area (Å²) in [4.78, 5) is 4.33. The van der Waals surface area contributed by atoms with Crippen LogP contribution in [0, 0.1) is 6.92 Å². The highest BCUT2D eigenvalue weighted by Gasteiger charge is 2.15. The van der Waals surface area contributed by atoms with Crippen LogP contribution in [0.5, 0.6) is 0 Å². The highest BCUT2D eigenvalue weighted by molar-refractivity contribution is 7.93. The third-order valence-corrected chi connectivity index (χ3v) is 5.09. The van der Waals surface area contributed by atoms with Crippen LogP contribution < -0.4 is 4.72 Å². The first-order chi connectivity index (χ1) is 7.88. The molecule has 0 aliphatic heterocycles. The van der Waals surface area contributed by atoms with Gasteiger partial charge in [0.15, 0.2) is 0 Å². The van der Waals surface area contributed by atoms with Gasteiger partial charge >= 0.3 is 0 Å². The van der Waals surface area contributed by atoms with Gasteiger partial charge in [0.2, 0.25) is 10.0 Å². The molecule has 0 aliphatic rings. The van der Waals surface area contributed by atoms with Gasteiger partial charge in [-0.3, -0.25) is 4.72 Å². The average Bonchev–Trinajstić information content (AvgIpc) is 2.56. The summed E-state index contributed by atoms with van der Waals surface area (Å²) in [6.07, 6.45) is 0. The van der Waals surface area contributed by atoms with Crippen molar-refractivity contribution < 1.29 is 8.42 Å². The van der Waals surface area contributed by atoms with Gasteiger partial charge in [-0.15, -0.1) is 11.3 Å². The number of hydrogen-bond donors (Lipinski definition) is 1. The molecule has 1 aromatic carbocycles. The van der Waals surface area contributed by atoms with Crippen molar-refractivity contribution in [3.8, 4) is 0 Å². The molecule has 1 aromatic heterocycles. The van der Waals surface area contributed by atoms with Crippen molar-refractivity contribution in [1.29, 1.82) is 0 Å². The Hall–Kier alpha value is -1.14. The summed E-state index contributed by atoms with van der Waals surface area (Å²) in [7, 11) is -3.29. The zero-order valence-electron chi connectivity index (χ0n) is 9.89. The van der Waals surface area contributed by atoms with Crippen LogP contribution in [0.25, 0.3) is 10.2 Å². The number of fused-ring (bicyclic) bond motifs is 1. The molecule has 92 valence electrons. The summed E-state index contributed by atoms with van der Waals surface area (Å²) < 4.78 is 27.0. The van der Waals surface area contributed by atoms with Gasteiger partial charge in [-0.1, -0.05) is 0 Å². The van der Waals surface area contributed by atoms with E-state index in [4.69, 9.17) is 0 Å². The van der Waals surface area contributed by atoms with Crippen LogP contribution in [0.3, 0.4) is 0 Å². The first-order valence-electron chi connectivity index (χ1n) is 5.27. The highest BCUT2D eigenvalue weighted by atomic mass is 32.2. The van der Waals surface area contributed by atoms with E-state index in [0.717, 1.165) is 15.2 Å². The fraction of sp³-hybridized carbons (Fsp3) is 0.364. The second-order valence-electron chi connectivity index (χ2n) is 4.11. The Labute approximate surface area is 105 Å². The monoisotopic (exact) mass is 270 g/mol. The van der Waals surface area contributed by atoms with Gasteiger partial charge in [-0.2, -0.15) is 0 Å². The quantitative estimate of drug-likeness (QED) is 0.933. The molecular weight excluding hydrogens is 256 g/mol. The van der Waals surface area contributed by atoms with E-state index in [1.165, 1.54) is 0 Å². The van der Waals surface area contributed by atoms with Crippen LogP contribution in [-0.4, -0.2) is 18.7 Å². The third-order valence-electron chi connectivity index (χ3n) is 2.38. The lowest BCUT2D eigenvalue weighted by atomic mass is 10.3.